The van der Waals surface area contributed by atoms with Crippen LogP contribution in [0.1, 0.15) is 16.7 Å². The molecule has 9 nitrogen and oxygen atoms in total. The molecule has 1 fully saturated rings. The molecule has 9 heteroatoms. The summed E-state index contributed by atoms with van der Waals surface area (Å²) < 4.78 is 9.63. The molecule has 1 N–H and O–H groups in total. The topological polar surface area (TPSA) is 89.6 Å². The Morgan fingerprint density at radius 3 is 1.87 bits per heavy atom. The normalized spacial score (nSPS) is 13.2. The number of amides is 2. The summed E-state index contributed by atoms with van der Waals surface area (Å²) in [6.07, 6.45) is 7.93. The molecule has 54 heavy (non-hydrogen) atoms. The van der Waals surface area contributed by atoms with Crippen LogP contribution in [0.5, 0.6) is 0 Å². The number of aromatic nitrogens is 5. The highest BCUT2D eigenvalue weighted by atomic mass is 16.5. The molecule has 1 aliphatic rings. The number of pyridine rings is 2. The van der Waals surface area contributed by atoms with E-state index >= 15 is 0 Å². The van der Waals surface area contributed by atoms with Gasteiger partial charge in [0.1, 0.15) is 16.9 Å². The number of benzene rings is 4. The third kappa shape index (κ3) is 6.00. The standard InChI is InChI=1S/C45H37N7O2/c53-44(50-26-28-54-29-27-50)48-38-22-19-33(20-23-38)43-39(34-21-24-42-47-30-41(51(42)31-34)40-18-10-11-25-46-40)32-52(49-43)45(35-12-4-1-5-13-35,36-14-6-2-7-15-36)37-16-8-3-9-17-37/h1-25,30-32H,26-29H2,(H,48,53). The quantitative estimate of drug-likeness (QED) is 0.160. The van der Waals surface area contributed by atoms with Crippen molar-refractivity contribution in [2.75, 3.05) is 31.6 Å². The van der Waals surface area contributed by atoms with Crippen LogP contribution in [0.15, 0.2) is 170 Å². The van der Waals surface area contributed by atoms with Gasteiger partial charge < -0.3 is 15.0 Å². The summed E-state index contributed by atoms with van der Waals surface area (Å²) >= 11 is 0. The Labute approximate surface area is 313 Å². The smallest absolute Gasteiger partial charge is 0.321 e. The summed E-state index contributed by atoms with van der Waals surface area (Å²) in [7, 11) is 0. The Bertz CT molecular complexity index is 2410. The van der Waals surface area contributed by atoms with E-state index in [1.165, 1.54) is 0 Å². The third-order valence-corrected chi connectivity index (χ3v) is 10.1. The molecular formula is C45H37N7O2. The molecule has 0 aliphatic carbocycles. The molecule has 264 valence electrons. The van der Waals surface area contributed by atoms with Gasteiger partial charge in [0.15, 0.2) is 0 Å². The molecule has 8 aromatic rings. The number of urea groups is 1. The van der Waals surface area contributed by atoms with Crippen molar-refractivity contribution >= 4 is 17.4 Å². The molecule has 1 saturated heterocycles. The van der Waals surface area contributed by atoms with E-state index < -0.39 is 5.54 Å². The highest BCUT2D eigenvalue weighted by molar-refractivity contribution is 5.90. The zero-order valence-electron chi connectivity index (χ0n) is 29.5. The summed E-state index contributed by atoms with van der Waals surface area (Å²) in [5.74, 6) is 0. The van der Waals surface area contributed by atoms with Crippen molar-refractivity contribution in [3.05, 3.63) is 187 Å². The van der Waals surface area contributed by atoms with E-state index in [4.69, 9.17) is 14.8 Å². The number of nitrogens with one attached hydrogen (secondary N) is 1. The minimum atomic E-state index is -0.818. The fraction of sp³-hybridized carbons (Fsp3) is 0.111. The maximum Gasteiger partial charge on any atom is 0.321 e. The fourth-order valence-electron chi connectivity index (χ4n) is 7.43. The molecule has 0 atom stereocenters. The van der Waals surface area contributed by atoms with Gasteiger partial charge >= 0.3 is 6.03 Å². The van der Waals surface area contributed by atoms with Gasteiger partial charge in [0, 0.05) is 54.1 Å². The zero-order valence-corrected chi connectivity index (χ0v) is 29.5. The lowest BCUT2D eigenvalue weighted by molar-refractivity contribution is 0.0564. The predicted molar refractivity (Wildman–Crippen MR) is 211 cm³/mol. The largest absolute Gasteiger partial charge is 0.378 e. The van der Waals surface area contributed by atoms with E-state index in [2.05, 4.69) is 111 Å². The van der Waals surface area contributed by atoms with Gasteiger partial charge in [-0.2, -0.15) is 5.10 Å². The average Bonchev–Trinajstić information content (AvgIpc) is 3.89. The van der Waals surface area contributed by atoms with E-state index in [-0.39, 0.29) is 6.03 Å². The van der Waals surface area contributed by atoms with Crippen molar-refractivity contribution in [2.24, 2.45) is 0 Å². The molecule has 0 saturated carbocycles. The molecule has 1 aliphatic heterocycles. The minimum absolute atomic E-state index is 0.133. The van der Waals surface area contributed by atoms with Crippen LogP contribution in [0.4, 0.5) is 10.5 Å². The Morgan fingerprint density at radius 1 is 0.648 bits per heavy atom. The van der Waals surface area contributed by atoms with Gasteiger partial charge in [0.2, 0.25) is 0 Å². The van der Waals surface area contributed by atoms with Crippen LogP contribution in [0.3, 0.4) is 0 Å². The van der Waals surface area contributed by atoms with Crippen molar-refractivity contribution in [1.29, 1.82) is 0 Å². The molecular weight excluding hydrogens is 671 g/mol. The number of ether oxygens (including phenoxy) is 1. The van der Waals surface area contributed by atoms with Gasteiger partial charge in [-0.25, -0.2) is 9.78 Å². The monoisotopic (exact) mass is 707 g/mol. The summed E-state index contributed by atoms with van der Waals surface area (Å²) in [5.41, 5.74) is 9.29. The van der Waals surface area contributed by atoms with E-state index in [0.717, 1.165) is 56.1 Å². The fourth-order valence-corrected chi connectivity index (χ4v) is 7.43. The number of nitrogens with zero attached hydrogens (tertiary/aromatic N) is 6. The average molecular weight is 708 g/mol. The van der Waals surface area contributed by atoms with Gasteiger partial charge in [0.05, 0.1) is 30.8 Å². The lowest BCUT2D eigenvalue weighted by atomic mass is 9.77. The van der Waals surface area contributed by atoms with Crippen LogP contribution in [0, 0.1) is 0 Å². The molecule has 2 amide bonds. The highest BCUT2D eigenvalue weighted by Crippen LogP contribution is 2.43. The van der Waals surface area contributed by atoms with Crippen LogP contribution >= 0.6 is 0 Å². The van der Waals surface area contributed by atoms with Crippen LogP contribution in [-0.2, 0) is 10.3 Å². The Morgan fingerprint density at radius 2 is 1.26 bits per heavy atom. The number of carbonyl (C=O) groups excluding carboxylic acids is 1. The first-order valence-electron chi connectivity index (χ1n) is 18.1. The second-order valence-electron chi connectivity index (χ2n) is 13.3. The molecule has 0 bridgehead atoms. The number of carbonyl (C=O) groups is 1. The number of hydrogen-bond acceptors (Lipinski definition) is 5. The van der Waals surface area contributed by atoms with Crippen LogP contribution in [-0.4, -0.2) is 61.4 Å². The second-order valence-corrected chi connectivity index (χ2v) is 13.3. The third-order valence-electron chi connectivity index (χ3n) is 10.1. The van der Waals surface area contributed by atoms with Crippen molar-refractivity contribution in [1.82, 2.24) is 29.0 Å². The number of anilines is 1. The Balaban J connectivity index is 1.24. The number of imidazole rings is 1. The lowest BCUT2D eigenvalue weighted by Gasteiger charge is -2.36. The molecule has 0 spiro atoms. The van der Waals surface area contributed by atoms with E-state index in [0.29, 0.717) is 32.0 Å². The first kappa shape index (κ1) is 33.0. The second kappa shape index (κ2) is 14.3. The Hall–Kier alpha value is -6.84. The van der Waals surface area contributed by atoms with Crippen molar-refractivity contribution in [3.63, 3.8) is 0 Å². The molecule has 0 unspecified atom stereocenters. The summed E-state index contributed by atoms with van der Waals surface area (Å²) in [5, 5.41) is 8.60. The maximum atomic E-state index is 13.0. The van der Waals surface area contributed by atoms with E-state index in [1.807, 2.05) is 72.9 Å². The SMILES string of the molecule is O=C(Nc1ccc(-c2nn(C(c3ccccc3)(c3ccccc3)c3ccccc3)cc2-c2ccc3ncc(-c4ccccn4)n3c2)cc1)N1CCOCC1. The van der Waals surface area contributed by atoms with Crippen LogP contribution in [0.25, 0.3) is 39.4 Å². The highest BCUT2D eigenvalue weighted by Gasteiger charge is 2.40. The van der Waals surface area contributed by atoms with Gasteiger partial charge in [-0.1, -0.05) is 109 Å². The minimum Gasteiger partial charge on any atom is -0.378 e. The summed E-state index contributed by atoms with van der Waals surface area (Å²) in [6.45, 7) is 2.23. The molecule has 5 heterocycles. The van der Waals surface area contributed by atoms with Gasteiger partial charge in [-0.3, -0.25) is 14.1 Å². The number of hydrogen-bond donors (Lipinski definition) is 1. The molecule has 4 aromatic carbocycles. The number of morpholine rings is 1. The van der Waals surface area contributed by atoms with Gasteiger partial charge in [-0.15, -0.1) is 0 Å². The first-order valence-corrected chi connectivity index (χ1v) is 18.1. The molecule has 9 rings (SSSR count). The number of fused-ring (bicyclic) bond motifs is 1. The molecule has 4 aromatic heterocycles. The van der Waals surface area contributed by atoms with Crippen molar-refractivity contribution in [2.45, 2.75) is 5.54 Å². The Kier molecular flexibility index (Phi) is 8.74. The zero-order chi connectivity index (χ0) is 36.3. The molecule has 0 radical (unpaired) electrons. The summed E-state index contributed by atoms with van der Waals surface area (Å²) in [6, 6.07) is 49.5. The maximum absolute atomic E-state index is 13.0. The van der Waals surface area contributed by atoms with E-state index in [9.17, 15) is 4.79 Å². The van der Waals surface area contributed by atoms with Crippen LogP contribution < -0.4 is 5.32 Å². The lowest BCUT2D eigenvalue weighted by Crippen LogP contribution is -2.43. The first-order chi connectivity index (χ1) is 26.7. The summed E-state index contributed by atoms with van der Waals surface area (Å²) in [4.78, 5) is 24.1. The predicted octanol–water partition coefficient (Wildman–Crippen LogP) is 8.63. The van der Waals surface area contributed by atoms with Crippen molar-refractivity contribution in [3.8, 4) is 33.8 Å². The van der Waals surface area contributed by atoms with Gasteiger partial charge in [-0.05, 0) is 53.1 Å². The van der Waals surface area contributed by atoms with Crippen molar-refractivity contribution < 1.29 is 9.53 Å². The van der Waals surface area contributed by atoms with E-state index in [1.54, 1.807) is 11.1 Å². The van der Waals surface area contributed by atoms with Crippen LogP contribution in [0.2, 0.25) is 0 Å². The van der Waals surface area contributed by atoms with Gasteiger partial charge in [0.25, 0.3) is 0 Å². The number of rotatable bonds is 8.